The third kappa shape index (κ3) is 3.27. The quantitative estimate of drug-likeness (QED) is 0.880. The molecule has 1 N–H and O–H groups in total. The number of aromatic nitrogens is 4. The van der Waals surface area contributed by atoms with Crippen LogP contribution in [0.5, 0.6) is 5.75 Å². The van der Waals surface area contributed by atoms with Crippen LogP contribution in [0.2, 0.25) is 0 Å². The molecule has 7 heteroatoms. The van der Waals surface area contributed by atoms with E-state index in [1.807, 2.05) is 22.9 Å². The number of rotatable bonds is 4. The largest absolute Gasteiger partial charge is 0.496 e. The molecule has 0 bridgehead atoms. The number of tetrazole rings is 1. The molecule has 0 spiro atoms. The van der Waals surface area contributed by atoms with Gasteiger partial charge in [0.25, 0.3) is 0 Å². The fourth-order valence-electron chi connectivity index (χ4n) is 3.22. The van der Waals surface area contributed by atoms with E-state index in [0.717, 1.165) is 43.4 Å². The molecule has 7 nitrogen and oxygen atoms in total. The normalized spacial score (nSPS) is 17.7. The first-order valence-electron chi connectivity index (χ1n) is 8.36. The molecule has 1 aliphatic rings. The van der Waals surface area contributed by atoms with Crippen LogP contribution in [0.15, 0.2) is 24.3 Å². The van der Waals surface area contributed by atoms with Gasteiger partial charge >= 0.3 is 0 Å². The maximum absolute atomic E-state index is 5.62. The Labute approximate surface area is 142 Å². The maximum Gasteiger partial charge on any atom is 0.214 e. The summed E-state index contributed by atoms with van der Waals surface area (Å²) < 4.78 is 13.1. The van der Waals surface area contributed by atoms with Crippen LogP contribution in [0, 0.1) is 0 Å². The highest BCUT2D eigenvalue weighted by atomic mass is 16.5. The van der Waals surface area contributed by atoms with E-state index in [9.17, 15) is 0 Å². The monoisotopic (exact) mass is 332 g/mol. The summed E-state index contributed by atoms with van der Waals surface area (Å²) in [5.41, 5.74) is 0.919. The smallest absolute Gasteiger partial charge is 0.214 e. The number of benzene rings is 1. The SMILES string of the molecule is COc1ccccc1[C@H](c1nnnn1C(C)(C)C)[NH+]1CCOCC1. The van der Waals surface area contributed by atoms with E-state index in [-0.39, 0.29) is 11.6 Å². The first-order valence-corrected chi connectivity index (χ1v) is 8.36. The summed E-state index contributed by atoms with van der Waals surface area (Å²) in [7, 11) is 1.71. The highest BCUT2D eigenvalue weighted by molar-refractivity contribution is 5.37. The molecule has 3 rings (SSSR count). The second-order valence-corrected chi connectivity index (χ2v) is 7.07. The number of ether oxygens (including phenoxy) is 2. The van der Waals surface area contributed by atoms with Crippen LogP contribution in [0.25, 0.3) is 0 Å². The number of para-hydroxylation sites is 1. The minimum Gasteiger partial charge on any atom is -0.496 e. The van der Waals surface area contributed by atoms with Gasteiger partial charge in [-0.25, -0.2) is 4.68 Å². The van der Waals surface area contributed by atoms with Crippen LogP contribution in [0.3, 0.4) is 0 Å². The minimum absolute atomic E-state index is 0.0132. The molecule has 0 radical (unpaired) electrons. The highest BCUT2D eigenvalue weighted by Crippen LogP contribution is 2.28. The summed E-state index contributed by atoms with van der Waals surface area (Å²) in [5, 5.41) is 12.6. The van der Waals surface area contributed by atoms with Crippen molar-refractivity contribution >= 4 is 0 Å². The lowest BCUT2D eigenvalue weighted by Gasteiger charge is -2.33. The fourth-order valence-corrected chi connectivity index (χ4v) is 3.22. The van der Waals surface area contributed by atoms with Gasteiger partial charge in [0.2, 0.25) is 5.82 Å². The standard InChI is InChI=1S/C17H25N5O2/c1-17(2,3)22-16(18-19-20-22)15(21-9-11-24-12-10-21)13-7-5-6-8-14(13)23-4/h5-8,15H,9-12H2,1-4H3/p+1/t15-/m1/s1. The molecule has 130 valence electrons. The van der Waals surface area contributed by atoms with Gasteiger partial charge in [-0.2, -0.15) is 0 Å². The highest BCUT2D eigenvalue weighted by Gasteiger charge is 2.36. The molecular weight excluding hydrogens is 306 g/mol. The van der Waals surface area contributed by atoms with Crippen molar-refractivity contribution in [1.29, 1.82) is 0 Å². The number of morpholine rings is 1. The van der Waals surface area contributed by atoms with E-state index in [1.54, 1.807) is 7.11 Å². The molecule has 0 amide bonds. The third-order valence-corrected chi connectivity index (χ3v) is 4.38. The van der Waals surface area contributed by atoms with Gasteiger partial charge in [0.05, 0.1) is 31.4 Å². The summed E-state index contributed by atoms with van der Waals surface area (Å²) >= 11 is 0. The lowest BCUT2D eigenvalue weighted by atomic mass is 10.0. The third-order valence-electron chi connectivity index (χ3n) is 4.38. The lowest BCUT2D eigenvalue weighted by Crippen LogP contribution is -3.14. The molecule has 0 aliphatic carbocycles. The Morgan fingerprint density at radius 1 is 1.21 bits per heavy atom. The summed E-state index contributed by atoms with van der Waals surface area (Å²) in [6.07, 6.45) is 0. The van der Waals surface area contributed by atoms with Crippen LogP contribution in [0.1, 0.15) is 38.2 Å². The van der Waals surface area contributed by atoms with Gasteiger partial charge in [-0.15, -0.1) is 5.10 Å². The van der Waals surface area contributed by atoms with Crippen molar-refractivity contribution in [2.24, 2.45) is 0 Å². The Hall–Kier alpha value is -1.99. The zero-order valence-electron chi connectivity index (χ0n) is 14.8. The molecule has 1 aromatic carbocycles. The van der Waals surface area contributed by atoms with E-state index >= 15 is 0 Å². The fraction of sp³-hybridized carbons (Fsp3) is 0.588. The van der Waals surface area contributed by atoms with Crippen molar-refractivity contribution in [1.82, 2.24) is 20.2 Å². The van der Waals surface area contributed by atoms with Crippen LogP contribution in [-0.2, 0) is 10.3 Å². The lowest BCUT2D eigenvalue weighted by molar-refractivity contribution is -0.933. The van der Waals surface area contributed by atoms with E-state index in [0.29, 0.717) is 0 Å². The Kier molecular flexibility index (Phi) is 4.82. The van der Waals surface area contributed by atoms with E-state index in [4.69, 9.17) is 9.47 Å². The first kappa shape index (κ1) is 16.9. The van der Waals surface area contributed by atoms with Gasteiger partial charge in [-0.1, -0.05) is 12.1 Å². The molecule has 2 heterocycles. The van der Waals surface area contributed by atoms with Gasteiger partial charge in [0.1, 0.15) is 18.8 Å². The van der Waals surface area contributed by atoms with E-state index < -0.39 is 0 Å². The van der Waals surface area contributed by atoms with Gasteiger partial charge in [0.15, 0.2) is 6.04 Å². The average molecular weight is 332 g/mol. The van der Waals surface area contributed by atoms with Gasteiger partial charge in [0, 0.05) is 0 Å². The van der Waals surface area contributed by atoms with Crippen LogP contribution in [-0.4, -0.2) is 53.6 Å². The number of nitrogens with zero attached hydrogens (tertiary/aromatic N) is 4. The molecule has 1 saturated heterocycles. The van der Waals surface area contributed by atoms with Crippen molar-refractivity contribution in [3.63, 3.8) is 0 Å². The molecule has 1 aromatic heterocycles. The average Bonchev–Trinajstić information content (AvgIpc) is 3.06. The number of hydrogen-bond donors (Lipinski definition) is 1. The second kappa shape index (κ2) is 6.86. The molecule has 1 aliphatic heterocycles. The van der Waals surface area contributed by atoms with Crippen molar-refractivity contribution in [2.45, 2.75) is 32.4 Å². The van der Waals surface area contributed by atoms with Crippen molar-refractivity contribution in [3.05, 3.63) is 35.7 Å². The molecular formula is C17H26N5O2+. The topological polar surface area (TPSA) is 66.5 Å². The predicted molar refractivity (Wildman–Crippen MR) is 89.2 cm³/mol. The van der Waals surface area contributed by atoms with Gasteiger partial charge in [-0.3, -0.25) is 0 Å². The first-order chi connectivity index (χ1) is 11.5. The minimum atomic E-state index is -0.190. The Balaban J connectivity index is 2.11. The molecule has 24 heavy (non-hydrogen) atoms. The summed E-state index contributed by atoms with van der Waals surface area (Å²) in [6.45, 7) is 9.66. The molecule has 1 fully saturated rings. The Bertz CT molecular complexity index is 674. The molecule has 2 aromatic rings. The van der Waals surface area contributed by atoms with Crippen LogP contribution in [0.4, 0.5) is 0 Å². The summed E-state index contributed by atoms with van der Waals surface area (Å²) in [4.78, 5) is 1.39. The summed E-state index contributed by atoms with van der Waals surface area (Å²) in [6, 6.07) is 8.14. The van der Waals surface area contributed by atoms with Crippen molar-refractivity contribution < 1.29 is 14.4 Å². The van der Waals surface area contributed by atoms with Crippen LogP contribution < -0.4 is 9.64 Å². The predicted octanol–water partition coefficient (Wildman–Crippen LogP) is 0.441. The maximum atomic E-state index is 5.62. The van der Waals surface area contributed by atoms with Gasteiger partial charge in [-0.05, 0) is 43.3 Å². The second-order valence-electron chi connectivity index (χ2n) is 7.07. The zero-order chi connectivity index (χ0) is 17.2. The number of hydrogen-bond acceptors (Lipinski definition) is 5. The van der Waals surface area contributed by atoms with Crippen LogP contribution >= 0.6 is 0 Å². The number of nitrogens with one attached hydrogen (secondary N) is 1. The number of quaternary nitrogens is 1. The molecule has 0 unspecified atom stereocenters. The summed E-state index contributed by atoms with van der Waals surface area (Å²) in [5.74, 6) is 1.73. The Morgan fingerprint density at radius 2 is 1.92 bits per heavy atom. The van der Waals surface area contributed by atoms with Crippen molar-refractivity contribution in [3.8, 4) is 5.75 Å². The van der Waals surface area contributed by atoms with Gasteiger partial charge < -0.3 is 14.4 Å². The van der Waals surface area contributed by atoms with E-state index in [2.05, 4.69) is 42.4 Å². The zero-order valence-corrected chi connectivity index (χ0v) is 14.8. The Morgan fingerprint density at radius 3 is 2.58 bits per heavy atom. The number of methoxy groups -OCH3 is 1. The van der Waals surface area contributed by atoms with Crippen molar-refractivity contribution in [2.75, 3.05) is 33.4 Å². The molecule has 0 saturated carbocycles. The molecule has 1 atom stereocenters. The van der Waals surface area contributed by atoms with E-state index in [1.165, 1.54) is 4.90 Å².